The number of nitrogens with zero attached hydrogens (tertiary/aromatic N) is 1. The molecule has 0 aliphatic rings. The summed E-state index contributed by atoms with van der Waals surface area (Å²) in [7, 11) is 0. The lowest BCUT2D eigenvalue weighted by molar-refractivity contribution is -0.128. The molecule has 3 aromatic rings. The molecule has 0 saturated carbocycles. The molecule has 0 aliphatic carbocycles. The Morgan fingerprint density at radius 2 is 1.91 bits per heavy atom. The van der Waals surface area contributed by atoms with E-state index in [0.717, 1.165) is 15.7 Å². The first-order valence-corrected chi connectivity index (χ1v) is 11.9. The van der Waals surface area contributed by atoms with Crippen molar-refractivity contribution < 1.29 is 19.5 Å². The number of nitrogens with one attached hydrogen (secondary N) is 2. The Labute approximate surface area is 203 Å². The molecule has 1 aromatic heterocycles. The average molecular weight is 478 g/mol. The number of amides is 2. The van der Waals surface area contributed by atoms with Crippen molar-refractivity contribution in [2.45, 2.75) is 36.3 Å². The van der Waals surface area contributed by atoms with Crippen LogP contribution in [0.25, 0.3) is 10.8 Å². The van der Waals surface area contributed by atoms with Crippen molar-refractivity contribution in [2.75, 3.05) is 13.2 Å². The van der Waals surface area contributed by atoms with E-state index in [1.807, 2.05) is 54.6 Å². The van der Waals surface area contributed by atoms with Crippen molar-refractivity contribution in [3.05, 3.63) is 66.5 Å². The smallest absolute Gasteiger partial charge is 0.270 e. The maximum atomic E-state index is 12.6. The van der Waals surface area contributed by atoms with Crippen LogP contribution in [-0.2, 0) is 4.79 Å². The largest absolute Gasteiger partial charge is 0.481 e. The standard InChI is InChI=1S/C26H27N3O4S/c1-2-3-18-33-20-11-13-21(14-12-20)34-23(25(30)29-32)10-6-7-16-28-26(31)24-22-9-5-4-8-19(22)15-17-27-24/h4-5,8-9,11-15,17,23,32H,6-7,10,16,18H2,1H3,(H,28,31)(H,29,30). The monoisotopic (exact) mass is 477 g/mol. The molecule has 0 fully saturated rings. The van der Waals surface area contributed by atoms with Crippen LogP contribution in [0.2, 0.25) is 0 Å². The first kappa shape index (κ1) is 25.1. The van der Waals surface area contributed by atoms with E-state index in [2.05, 4.69) is 22.1 Å². The molecule has 0 saturated heterocycles. The van der Waals surface area contributed by atoms with E-state index in [1.165, 1.54) is 11.8 Å². The molecule has 0 radical (unpaired) electrons. The molecule has 0 spiro atoms. The number of hydroxylamine groups is 1. The van der Waals surface area contributed by atoms with Gasteiger partial charge >= 0.3 is 0 Å². The van der Waals surface area contributed by atoms with E-state index < -0.39 is 11.2 Å². The lowest BCUT2D eigenvalue weighted by Gasteiger charge is -2.15. The van der Waals surface area contributed by atoms with E-state index in [-0.39, 0.29) is 5.91 Å². The third-order valence-electron chi connectivity index (χ3n) is 5.06. The highest BCUT2D eigenvalue weighted by molar-refractivity contribution is 8.00. The fourth-order valence-corrected chi connectivity index (χ4v) is 4.39. The molecule has 3 rings (SSSR count). The molecule has 8 heteroatoms. The van der Waals surface area contributed by atoms with Gasteiger partial charge in [-0.2, -0.15) is 0 Å². The zero-order valence-corrected chi connectivity index (χ0v) is 19.7. The van der Waals surface area contributed by atoms with Crippen LogP contribution < -0.4 is 15.5 Å². The van der Waals surface area contributed by atoms with Crippen LogP contribution in [0.5, 0.6) is 5.75 Å². The summed E-state index contributed by atoms with van der Waals surface area (Å²) in [5.41, 5.74) is 2.15. The van der Waals surface area contributed by atoms with Crippen LogP contribution in [-0.4, -0.2) is 40.4 Å². The number of thioether (sulfide) groups is 1. The number of fused-ring (bicyclic) bond motifs is 1. The summed E-state index contributed by atoms with van der Waals surface area (Å²) >= 11 is 1.37. The van der Waals surface area contributed by atoms with E-state index in [1.54, 1.807) is 18.6 Å². The van der Waals surface area contributed by atoms with E-state index in [9.17, 15) is 9.59 Å². The summed E-state index contributed by atoms with van der Waals surface area (Å²) < 4.78 is 5.50. The Morgan fingerprint density at radius 1 is 1.12 bits per heavy atom. The number of hydrogen-bond acceptors (Lipinski definition) is 6. The average Bonchev–Trinajstić information content (AvgIpc) is 2.88. The zero-order chi connectivity index (χ0) is 24.2. The van der Waals surface area contributed by atoms with E-state index >= 15 is 0 Å². The number of unbranched alkanes of at least 4 members (excludes halogenated alkanes) is 1. The molecule has 3 N–H and O–H groups in total. The first-order chi connectivity index (χ1) is 16.6. The van der Waals surface area contributed by atoms with E-state index in [0.29, 0.717) is 43.9 Å². The van der Waals surface area contributed by atoms with Gasteiger partial charge in [-0.25, -0.2) is 5.48 Å². The number of pyridine rings is 1. The molecule has 34 heavy (non-hydrogen) atoms. The van der Waals surface area contributed by atoms with Crippen LogP contribution in [0, 0.1) is 11.8 Å². The lowest BCUT2D eigenvalue weighted by atomic mass is 10.1. The topological polar surface area (TPSA) is 101 Å². The van der Waals surface area contributed by atoms with Gasteiger partial charge in [0.2, 0.25) is 0 Å². The maximum absolute atomic E-state index is 12.6. The molecule has 2 amide bonds. The molecule has 0 bridgehead atoms. The second-order valence-corrected chi connectivity index (χ2v) is 8.68. The second kappa shape index (κ2) is 13.2. The number of carbonyl (C=O) groups excluding carboxylic acids is 2. The lowest BCUT2D eigenvalue weighted by Crippen LogP contribution is -2.30. The molecule has 176 valence electrons. The number of hydrogen-bond donors (Lipinski definition) is 3. The second-order valence-electron chi connectivity index (χ2n) is 7.40. The van der Waals surface area contributed by atoms with Gasteiger partial charge in [0.25, 0.3) is 11.8 Å². The molecule has 1 atom stereocenters. The Bertz CT molecular complexity index is 1170. The zero-order valence-electron chi connectivity index (χ0n) is 18.9. The SMILES string of the molecule is CC#CCOc1ccc(SC(CCCCNC(=O)c2nccc3ccccc23)C(=O)NO)cc1. The Kier molecular flexibility index (Phi) is 9.77. The van der Waals surface area contributed by atoms with Crippen molar-refractivity contribution in [1.29, 1.82) is 0 Å². The van der Waals surface area contributed by atoms with Gasteiger partial charge in [0.1, 0.15) is 18.1 Å². The first-order valence-electron chi connectivity index (χ1n) is 11.0. The van der Waals surface area contributed by atoms with Gasteiger partial charge in [0.05, 0.1) is 5.25 Å². The minimum absolute atomic E-state index is 0.219. The number of aromatic nitrogens is 1. The van der Waals surface area contributed by atoms with Crippen LogP contribution >= 0.6 is 11.8 Å². The van der Waals surface area contributed by atoms with Crippen LogP contribution in [0.15, 0.2) is 65.7 Å². The molecular formula is C26H27N3O4S. The number of ether oxygens (including phenoxy) is 1. The van der Waals surface area contributed by atoms with Gasteiger partial charge in [0, 0.05) is 23.0 Å². The summed E-state index contributed by atoms with van der Waals surface area (Å²) in [6.45, 7) is 2.55. The Hall–Kier alpha value is -3.54. The van der Waals surface area contributed by atoms with Crippen molar-refractivity contribution >= 4 is 34.3 Å². The predicted molar refractivity (Wildman–Crippen MR) is 133 cm³/mol. The molecule has 7 nitrogen and oxygen atoms in total. The van der Waals surface area contributed by atoms with Crippen molar-refractivity contribution in [2.24, 2.45) is 0 Å². The minimum atomic E-state index is -0.460. The summed E-state index contributed by atoms with van der Waals surface area (Å²) in [5.74, 6) is 5.64. The highest BCUT2D eigenvalue weighted by Gasteiger charge is 2.19. The van der Waals surface area contributed by atoms with Gasteiger partial charge in [-0.3, -0.25) is 19.8 Å². The number of benzene rings is 2. The number of rotatable bonds is 11. The van der Waals surface area contributed by atoms with Gasteiger partial charge in [-0.05, 0) is 55.5 Å². The van der Waals surface area contributed by atoms with Crippen molar-refractivity contribution in [3.63, 3.8) is 0 Å². The summed E-state index contributed by atoms with van der Waals surface area (Å²) in [6, 6.07) is 16.9. The van der Waals surface area contributed by atoms with Crippen molar-refractivity contribution in [1.82, 2.24) is 15.8 Å². The van der Waals surface area contributed by atoms with E-state index in [4.69, 9.17) is 9.94 Å². The minimum Gasteiger partial charge on any atom is -0.481 e. The Morgan fingerprint density at radius 3 is 2.68 bits per heavy atom. The fraction of sp³-hybridized carbons (Fsp3) is 0.269. The van der Waals surface area contributed by atoms with Crippen LogP contribution in [0.1, 0.15) is 36.7 Å². The summed E-state index contributed by atoms with van der Waals surface area (Å²) in [4.78, 5) is 29.8. The quantitative estimate of drug-likeness (QED) is 0.126. The van der Waals surface area contributed by atoms with Gasteiger partial charge in [-0.1, -0.05) is 36.6 Å². The fourth-order valence-electron chi connectivity index (χ4n) is 3.33. The predicted octanol–water partition coefficient (Wildman–Crippen LogP) is 4.20. The van der Waals surface area contributed by atoms with Crippen LogP contribution in [0.3, 0.4) is 0 Å². The third kappa shape index (κ3) is 7.24. The molecule has 1 heterocycles. The third-order valence-corrected chi connectivity index (χ3v) is 6.34. The highest BCUT2D eigenvalue weighted by atomic mass is 32.2. The van der Waals surface area contributed by atoms with Gasteiger partial charge in [-0.15, -0.1) is 17.7 Å². The van der Waals surface area contributed by atoms with Gasteiger partial charge < -0.3 is 10.1 Å². The normalized spacial score (nSPS) is 11.2. The summed E-state index contributed by atoms with van der Waals surface area (Å²) in [5, 5.41) is 13.3. The molecule has 1 unspecified atom stereocenters. The van der Waals surface area contributed by atoms with Crippen LogP contribution in [0.4, 0.5) is 0 Å². The summed E-state index contributed by atoms with van der Waals surface area (Å²) in [6.07, 6.45) is 3.57. The molecule has 2 aromatic carbocycles. The molecular weight excluding hydrogens is 450 g/mol. The highest BCUT2D eigenvalue weighted by Crippen LogP contribution is 2.28. The van der Waals surface area contributed by atoms with Crippen molar-refractivity contribution in [3.8, 4) is 17.6 Å². The Balaban J connectivity index is 1.47. The maximum Gasteiger partial charge on any atom is 0.270 e. The molecule has 0 aliphatic heterocycles. The number of carbonyl (C=O) groups is 2. The van der Waals surface area contributed by atoms with Gasteiger partial charge in [0.15, 0.2) is 0 Å².